The zero-order chi connectivity index (χ0) is 30.5. The molecule has 0 N–H and O–H groups in total. The van der Waals surface area contributed by atoms with E-state index in [4.69, 9.17) is 9.97 Å². The average Bonchev–Trinajstić information content (AvgIpc) is 3.14. The van der Waals surface area contributed by atoms with E-state index in [9.17, 15) is 0 Å². The molecular formula is C41H25N5. The second kappa shape index (κ2) is 10.7. The lowest BCUT2D eigenvalue weighted by Crippen LogP contribution is -1.89. The van der Waals surface area contributed by atoms with Crippen molar-refractivity contribution < 1.29 is 0 Å². The van der Waals surface area contributed by atoms with Gasteiger partial charge < -0.3 is 0 Å². The molecular weight excluding hydrogens is 562 g/mol. The minimum absolute atomic E-state index is 0.922. The van der Waals surface area contributed by atoms with Gasteiger partial charge in [-0.05, 0) is 82.9 Å². The van der Waals surface area contributed by atoms with Gasteiger partial charge in [-0.25, -0.2) is 9.97 Å². The van der Waals surface area contributed by atoms with Crippen LogP contribution in [0.5, 0.6) is 0 Å². The van der Waals surface area contributed by atoms with Crippen molar-refractivity contribution in [2.24, 2.45) is 0 Å². The number of rotatable bonds is 4. The second-order valence-electron chi connectivity index (χ2n) is 11.4. The first-order chi connectivity index (χ1) is 22.8. The Labute approximate surface area is 264 Å². The summed E-state index contributed by atoms with van der Waals surface area (Å²) in [6.45, 7) is 0. The van der Waals surface area contributed by atoms with Gasteiger partial charge in [0, 0.05) is 57.5 Å². The first-order valence-electron chi connectivity index (χ1n) is 15.2. The van der Waals surface area contributed by atoms with Crippen LogP contribution in [0.15, 0.2) is 152 Å². The van der Waals surface area contributed by atoms with Gasteiger partial charge in [-0.3, -0.25) is 15.0 Å². The molecule has 5 nitrogen and oxygen atoms in total. The Bertz CT molecular complexity index is 2580. The zero-order valence-corrected chi connectivity index (χ0v) is 24.7. The molecule has 0 bridgehead atoms. The molecule has 0 saturated heterocycles. The first-order valence-corrected chi connectivity index (χ1v) is 15.2. The molecule has 0 aliphatic heterocycles. The summed E-state index contributed by atoms with van der Waals surface area (Å²) in [5.74, 6) is 0. The van der Waals surface area contributed by atoms with Gasteiger partial charge in [-0.2, -0.15) is 0 Å². The second-order valence-corrected chi connectivity index (χ2v) is 11.4. The minimum atomic E-state index is 0.922. The van der Waals surface area contributed by atoms with Crippen LogP contribution in [0.4, 0.5) is 0 Å². The fraction of sp³-hybridized carbons (Fsp3) is 0. The van der Waals surface area contributed by atoms with Crippen LogP contribution in [0.1, 0.15) is 0 Å². The summed E-state index contributed by atoms with van der Waals surface area (Å²) in [4.78, 5) is 23.4. The Balaban J connectivity index is 1.01. The third kappa shape index (κ3) is 4.54. The molecule has 5 heterocycles. The molecule has 0 amide bonds. The van der Waals surface area contributed by atoms with E-state index >= 15 is 0 Å². The number of benzene rings is 4. The van der Waals surface area contributed by atoms with Gasteiger partial charge in [0.1, 0.15) is 0 Å². The highest BCUT2D eigenvalue weighted by Gasteiger charge is 2.11. The Morgan fingerprint density at radius 1 is 0.391 bits per heavy atom. The lowest BCUT2D eigenvalue weighted by atomic mass is 9.98. The predicted octanol–water partition coefficient (Wildman–Crippen LogP) is 9.94. The molecule has 5 aromatic heterocycles. The number of pyridine rings is 5. The lowest BCUT2D eigenvalue weighted by molar-refractivity contribution is 1.30. The molecule has 46 heavy (non-hydrogen) atoms. The van der Waals surface area contributed by atoms with Gasteiger partial charge in [0.2, 0.25) is 0 Å². The maximum Gasteiger partial charge on any atom is 0.0970 e. The van der Waals surface area contributed by atoms with E-state index in [-0.39, 0.29) is 0 Å². The van der Waals surface area contributed by atoms with Crippen LogP contribution in [-0.2, 0) is 0 Å². The van der Waals surface area contributed by atoms with Crippen LogP contribution in [0.3, 0.4) is 0 Å². The van der Waals surface area contributed by atoms with E-state index in [0.29, 0.717) is 0 Å². The van der Waals surface area contributed by atoms with Gasteiger partial charge in [0.15, 0.2) is 0 Å². The first kappa shape index (κ1) is 26.1. The topological polar surface area (TPSA) is 64.5 Å². The van der Waals surface area contributed by atoms with Crippen molar-refractivity contribution in [3.8, 4) is 44.8 Å². The van der Waals surface area contributed by atoms with Crippen LogP contribution >= 0.6 is 0 Å². The average molecular weight is 588 g/mol. The summed E-state index contributed by atoms with van der Waals surface area (Å²) < 4.78 is 0. The molecule has 0 spiro atoms. The van der Waals surface area contributed by atoms with E-state index < -0.39 is 0 Å². The normalized spacial score (nSPS) is 11.5. The molecule has 5 heteroatoms. The SMILES string of the molecule is c1cncc(-c2ccc3cc(-c4ccc5nc(-c6ccc(-c7ccnc8c7ccc7cccnc78)cc6)ccc5c4)ccc3n2)c1. The van der Waals surface area contributed by atoms with Gasteiger partial charge in [0.05, 0.1) is 33.5 Å². The predicted molar refractivity (Wildman–Crippen MR) is 187 cm³/mol. The third-order valence-corrected chi connectivity index (χ3v) is 8.64. The summed E-state index contributed by atoms with van der Waals surface area (Å²) in [7, 11) is 0. The molecule has 214 valence electrons. The molecule has 0 radical (unpaired) electrons. The van der Waals surface area contributed by atoms with E-state index in [0.717, 1.165) is 88.4 Å². The molecule has 4 aromatic carbocycles. The van der Waals surface area contributed by atoms with Gasteiger partial charge >= 0.3 is 0 Å². The third-order valence-electron chi connectivity index (χ3n) is 8.64. The Morgan fingerprint density at radius 2 is 1.02 bits per heavy atom. The number of aromatic nitrogens is 5. The van der Waals surface area contributed by atoms with Crippen LogP contribution in [-0.4, -0.2) is 24.9 Å². The van der Waals surface area contributed by atoms with Crippen LogP contribution in [0.2, 0.25) is 0 Å². The van der Waals surface area contributed by atoms with Crippen molar-refractivity contribution in [2.75, 3.05) is 0 Å². The molecule has 9 rings (SSSR count). The maximum absolute atomic E-state index is 5.02. The standard InChI is InChI=1S/C41H25N5/c1-4-33(25-42-20-1)39-18-13-32-24-30(11-16-38(32)46-39)29-10-15-37-31(23-29)12-17-36(45-37)27-7-5-26(6-8-27)34-19-22-44-41-35(34)14-9-28-3-2-21-43-40(28)41/h1-25H. The largest absolute Gasteiger partial charge is 0.264 e. The van der Waals surface area contributed by atoms with Crippen LogP contribution in [0.25, 0.3) is 88.4 Å². The van der Waals surface area contributed by atoms with E-state index in [2.05, 4.69) is 124 Å². The maximum atomic E-state index is 5.02. The molecule has 0 aliphatic carbocycles. The Hall–Kier alpha value is -6.33. The monoisotopic (exact) mass is 587 g/mol. The van der Waals surface area contributed by atoms with Crippen molar-refractivity contribution >= 4 is 43.6 Å². The quantitative estimate of drug-likeness (QED) is 0.192. The summed E-state index contributed by atoms with van der Waals surface area (Å²) in [6.07, 6.45) is 7.31. The fourth-order valence-corrected chi connectivity index (χ4v) is 6.27. The number of nitrogens with zero attached hydrogens (tertiary/aromatic N) is 5. The van der Waals surface area contributed by atoms with Crippen molar-refractivity contribution in [2.45, 2.75) is 0 Å². The highest BCUT2D eigenvalue weighted by molar-refractivity contribution is 6.08. The Morgan fingerprint density at radius 3 is 1.74 bits per heavy atom. The van der Waals surface area contributed by atoms with E-state index in [1.165, 1.54) is 0 Å². The zero-order valence-electron chi connectivity index (χ0n) is 24.7. The van der Waals surface area contributed by atoms with Crippen molar-refractivity contribution in [3.05, 3.63) is 152 Å². The highest BCUT2D eigenvalue weighted by Crippen LogP contribution is 2.33. The molecule has 9 aromatic rings. The summed E-state index contributed by atoms with van der Waals surface area (Å²) in [6, 6.07) is 44.3. The van der Waals surface area contributed by atoms with Gasteiger partial charge in [-0.15, -0.1) is 0 Å². The fourth-order valence-electron chi connectivity index (χ4n) is 6.27. The molecule has 0 fully saturated rings. The number of fused-ring (bicyclic) bond motifs is 5. The summed E-state index contributed by atoms with van der Waals surface area (Å²) in [5, 5.41) is 4.40. The van der Waals surface area contributed by atoms with Gasteiger partial charge in [-0.1, -0.05) is 66.7 Å². The molecule has 0 atom stereocenters. The summed E-state index contributed by atoms with van der Waals surface area (Å²) >= 11 is 0. The van der Waals surface area contributed by atoms with Crippen LogP contribution < -0.4 is 0 Å². The van der Waals surface area contributed by atoms with Crippen LogP contribution in [0, 0.1) is 0 Å². The highest BCUT2D eigenvalue weighted by atomic mass is 14.7. The van der Waals surface area contributed by atoms with Crippen molar-refractivity contribution in [1.82, 2.24) is 24.9 Å². The number of hydrogen-bond donors (Lipinski definition) is 0. The molecule has 0 aliphatic rings. The van der Waals surface area contributed by atoms with E-state index in [1.54, 1.807) is 6.20 Å². The van der Waals surface area contributed by atoms with Gasteiger partial charge in [0.25, 0.3) is 0 Å². The van der Waals surface area contributed by atoms with Crippen molar-refractivity contribution in [1.29, 1.82) is 0 Å². The van der Waals surface area contributed by atoms with Crippen molar-refractivity contribution in [3.63, 3.8) is 0 Å². The minimum Gasteiger partial charge on any atom is -0.264 e. The Kier molecular flexibility index (Phi) is 6.06. The van der Waals surface area contributed by atoms with E-state index in [1.807, 2.05) is 36.8 Å². The molecule has 0 unspecified atom stereocenters. The lowest BCUT2D eigenvalue weighted by Gasteiger charge is -2.10. The molecule has 0 saturated carbocycles. The smallest absolute Gasteiger partial charge is 0.0970 e. The number of hydrogen-bond acceptors (Lipinski definition) is 5. The summed E-state index contributed by atoms with van der Waals surface area (Å²) in [5.41, 5.74) is 12.3.